The van der Waals surface area contributed by atoms with Crippen molar-refractivity contribution in [2.45, 2.75) is 38.2 Å². The normalized spacial score (nSPS) is 23.5. The van der Waals surface area contributed by atoms with E-state index >= 15 is 0 Å². The zero-order chi connectivity index (χ0) is 17.2. The van der Waals surface area contributed by atoms with Gasteiger partial charge in [-0.15, -0.1) is 0 Å². The molecule has 5 nitrogen and oxygen atoms in total. The predicted octanol–water partition coefficient (Wildman–Crippen LogP) is 2.01. The minimum absolute atomic E-state index is 0.0666. The molecule has 0 aromatic heterocycles. The number of halogens is 1. The lowest BCUT2D eigenvalue weighted by Crippen LogP contribution is -2.48. The van der Waals surface area contributed by atoms with Crippen molar-refractivity contribution in [3.05, 3.63) is 35.6 Å². The zero-order valence-electron chi connectivity index (χ0n) is 14.3. The van der Waals surface area contributed by atoms with Crippen LogP contribution < -0.4 is 0 Å². The van der Waals surface area contributed by atoms with Gasteiger partial charge in [0.25, 0.3) is 0 Å². The highest BCUT2D eigenvalue weighted by atomic mass is 19.1. The summed E-state index contributed by atoms with van der Waals surface area (Å²) in [5.74, 6) is -0.628. The summed E-state index contributed by atoms with van der Waals surface area (Å²) in [7, 11) is 1.78. The van der Waals surface area contributed by atoms with E-state index in [1.54, 1.807) is 24.1 Å². The number of benzene rings is 1. The van der Waals surface area contributed by atoms with Crippen LogP contribution in [0.25, 0.3) is 0 Å². The van der Waals surface area contributed by atoms with Crippen LogP contribution in [0.4, 0.5) is 4.39 Å². The van der Waals surface area contributed by atoms with Gasteiger partial charge in [0.2, 0.25) is 5.91 Å². The van der Waals surface area contributed by atoms with E-state index in [1.807, 2.05) is 6.92 Å². The number of piperidine rings is 1. The van der Waals surface area contributed by atoms with Crippen LogP contribution in [0.5, 0.6) is 0 Å². The summed E-state index contributed by atoms with van der Waals surface area (Å²) in [6.45, 7) is 5.14. The number of hydrogen-bond acceptors (Lipinski definition) is 4. The van der Waals surface area contributed by atoms with Gasteiger partial charge in [0.05, 0.1) is 19.3 Å². The molecule has 0 aliphatic carbocycles. The third-order valence-electron chi connectivity index (χ3n) is 4.73. The van der Waals surface area contributed by atoms with E-state index in [0.717, 1.165) is 31.5 Å². The molecule has 0 bridgehead atoms. The molecule has 2 aliphatic rings. The topological polar surface area (TPSA) is 42.0 Å². The molecule has 1 unspecified atom stereocenters. The maximum absolute atomic E-state index is 12.9. The summed E-state index contributed by atoms with van der Waals surface area (Å²) in [5.41, 5.74) is 0.923. The number of ether oxygens (including phenoxy) is 2. The van der Waals surface area contributed by atoms with Crippen LogP contribution in [0.3, 0.4) is 0 Å². The number of hydrogen-bond donors (Lipinski definition) is 0. The number of likely N-dealkylation sites (tertiary alicyclic amines) is 1. The Balaban J connectivity index is 1.46. The zero-order valence-corrected chi connectivity index (χ0v) is 14.3. The summed E-state index contributed by atoms with van der Waals surface area (Å²) in [4.78, 5) is 16.2. The Kier molecular flexibility index (Phi) is 5.18. The highest BCUT2D eigenvalue weighted by molar-refractivity contribution is 5.78. The number of nitrogens with zero attached hydrogens (tertiary/aromatic N) is 2. The second-order valence-corrected chi connectivity index (χ2v) is 6.80. The predicted molar refractivity (Wildman–Crippen MR) is 87.8 cm³/mol. The van der Waals surface area contributed by atoms with Crippen molar-refractivity contribution in [1.82, 2.24) is 9.80 Å². The van der Waals surface area contributed by atoms with Crippen molar-refractivity contribution in [3.63, 3.8) is 0 Å². The molecule has 0 saturated carbocycles. The number of amides is 1. The molecule has 132 valence electrons. The number of rotatable bonds is 4. The molecule has 2 saturated heterocycles. The first kappa shape index (κ1) is 17.3. The summed E-state index contributed by atoms with van der Waals surface area (Å²) in [6.07, 6.45) is 1.75. The van der Waals surface area contributed by atoms with Gasteiger partial charge in [-0.1, -0.05) is 12.1 Å². The average Bonchev–Trinajstić information content (AvgIpc) is 2.92. The van der Waals surface area contributed by atoms with Crippen LogP contribution in [0.15, 0.2) is 24.3 Å². The second-order valence-electron chi connectivity index (χ2n) is 6.80. The minimum atomic E-state index is -0.432. The SMILES string of the molecule is CC1COC2(CCN(CC(=O)N(C)Cc3ccc(F)cc3)CC2)O1. The Morgan fingerprint density at radius 1 is 1.33 bits per heavy atom. The molecule has 6 heteroatoms. The van der Waals surface area contributed by atoms with Crippen molar-refractivity contribution in [1.29, 1.82) is 0 Å². The van der Waals surface area contributed by atoms with Gasteiger partial charge in [-0.25, -0.2) is 4.39 Å². The first-order valence-electron chi connectivity index (χ1n) is 8.48. The van der Waals surface area contributed by atoms with E-state index < -0.39 is 5.79 Å². The third-order valence-corrected chi connectivity index (χ3v) is 4.73. The van der Waals surface area contributed by atoms with Crippen LogP contribution in [-0.4, -0.2) is 60.9 Å². The van der Waals surface area contributed by atoms with Gasteiger partial charge in [0.1, 0.15) is 5.82 Å². The molecule has 2 heterocycles. The lowest BCUT2D eigenvalue weighted by Gasteiger charge is -2.38. The Bertz CT molecular complexity index is 570. The summed E-state index contributed by atoms with van der Waals surface area (Å²) in [5, 5.41) is 0. The summed E-state index contributed by atoms with van der Waals surface area (Å²) < 4.78 is 24.6. The molecule has 2 aliphatic heterocycles. The van der Waals surface area contributed by atoms with Crippen molar-refractivity contribution in [2.75, 3.05) is 33.3 Å². The first-order chi connectivity index (χ1) is 11.5. The quantitative estimate of drug-likeness (QED) is 0.844. The van der Waals surface area contributed by atoms with E-state index in [4.69, 9.17) is 9.47 Å². The van der Waals surface area contributed by atoms with E-state index in [0.29, 0.717) is 19.7 Å². The van der Waals surface area contributed by atoms with Gasteiger partial charge in [-0.3, -0.25) is 9.69 Å². The van der Waals surface area contributed by atoms with Gasteiger partial charge >= 0.3 is 0 Å². The molecule has 1 amide bonds. The summed E-state index contributed by atoms with van der Waals surface area (Å²) in [6, 6.07) is 6.25. The molecular weight excluding hydrogens is 311 g/mol. The summed E-state index contributed by atoms with van der Waals surface area (Å²) >= 11 is 0. The van der Waals surface area contributed by atoms with Crippen LogP contribution in [-0.2, 0) is 20.8 Å². The smallest absolute Gasteiger partial charge is 0.236 e. The maximum Gasteiger partial charge on any atom is 0.236 e. The number of carbonyl (C=O) groups excluding carboxylic acids is 1. The Morgan fingerprint density at radius 3 is 2.58 bits per heavy atom. The molecule has 1 aromatic rings. The van der Waals surface area contributed by atoms with Crippen molar-refractivity contribution in [2.24, 2.45) is 0 Å². The fourth-order valence-corrected chi connectivity index (χ4v) is 3.28. The van der Waals surface area contributed by atoms with Crippen molar-refractivity contribution < 1.29 is 18.7 Å². The number of carbonyl (C=O) groups is 1. The second kappa shape index (κ2) is 7.17. The van der Waals surface area contributed by atoms with Crippen LogP contribution in [0, 0.1) is 5.82 Å². The molecule has 24 heavy (non-hydrogen) atoms. The Hall–Kier alpha value is -1.50. The minimum Gasteiger partial charge on any atom is -0.347 e. The molecule has 3 rings (SSSR count). The average molecular weight is 336 g/mol. The molecule has 1 atom stereocenters. The molecule has 0 N–H and O–H groups in total. The van der Waals surface area contributed by atoms with Crippen LogP contribution in [0.1, 0.15) is 25.3 Å². The highest BCUT2D eigenvalue weighted by Gasteiger charge is 2.42. The van der Waals surface area contributed by atoms with Crippen molar-refractivity contribution >= 4 is 5.91 Å². The van der Waals surface area contributed by atoms with E-state index in [9.17, 15) is 9.18 Å². The van der Waals surface area contributed by atoms with Gasteiger partial charge in [-0.2, -0.15) is 0 Å². The van der Waals surface area contributed by atoms with Gasteiger partial charge in [-0.05, 0) is 24.6 Å². The van der Waals surface area contributed by atoms with E-state index in [1.165, 1.54) is 12.1 Å². The van der Waals surface area contributed by atoms with Crippen LogP contribution >= 0.6 is 0 Å². The molecule has 2 fully saturated rings. The van der Waals surface area contributed by atoms with E-state index in [-0.39, 0.29) is 17.8 Å². The molecule has 1 aromatic carbocycles. The van der Waals surface area contributed by atoms with Crippen LogP contribution in [0.2, 0.25) is 0 Å². The van der Waals surface area contributed by atoms with E-state index in [2.05, 4.69) is 4.90 Å². The lowest BCUT2D eigenvalue weighted by atomic mass is 10.0. The fraction of sp³-hybridized carbons (Fsp3) is 0.611. The molecular formula is C18H25FN2O3. The van der Waals surface area contributed by atoms with Gasteiger partial charge in [0.15, 0.2) is 5.79 Å². The highest BCUT2D eigenvalue weighted by Crippen LogP contribution is 2.33. The van der Waals surface area contributed by atoms with Gasteiger partial charge in [0, 0.05) is 39.5 Å². The molecule has 0 radical (unpaired) electrons. The molecule has 1 spiro atoms. The first-order valence-corrected chi connectivity index (χ1v) is 8.48. The largest absolute Gasteiger partial charge is 0.347 e. The van der Waals surface area contributed by atoms with Gasteiger partial charge < -0.3 is 14.4 Å². The Labute approximate surface area is 142 Å². The maximum atomic E-state index is 12.9. The third kappa shape index (κ3) is 4.12. The monoisotopic (exact) mass is 336 g/mol. The number of likely N-dealkylation sites (N-methyl/N-ethyl adjacent to an activating group) is 1. The Morgan fingerprint density at radius 2 is 2.00 bits per heavy atom. The fourth-order valence-electron chi connectivity index (χ4n) is 3.28. The lowest BCUT2D eigenvalue weighted by molar-refractivity contribution is -0.194. The standard InChI is InChI=1S/C18H25FN2O3/c1-14-13-23-18(24-14)7-9-21(10-8-18)12-17(22)20(2)11-15-3-5-16(19)6-4-15/h3-6,14H,7-13H2,1-2H3. The van der Waals surface area contributed by atoms with Crippen molar-refractivity contribution in [3.8, 4) is 0 Å².